The summed E-state index contributed by atoms with van der Waals surface area (Å²) in [6.45, 7) is 9.46. The highest BCUT2D eigenvalue weighted by atomic mass is 16.5. The first-order valence-corrected chi connectivity index (χ1v) is 8.94. The highest BCUT2D eigenvalue weighted by Gasteiger charge is 2.10. The number of hydrogen-bond acceptors (Lipinski definition) is 5. The molecule has 6 nitrogen and oxygen atoms in total. The molecule has 2 N–H and O–H groups in total. The maximum atomic E-state index is 12.5. The third-order valence-electron chi connectivity index (χ3n) is 4.22. The molecular formula is C20H28N4O2. The van der Waals surface area contributed by atoms with E-state index in [4.69, 9.17) is 4.74 Å². The van der Waals surface area contributed by atoms with Gasteiger partial charge in [0.1, 0.15) is 5.82 Å². The van der Waals surface area contributed by atoms with Crippen molar-refractivity contribution in [2.45, 2.75) is 20.8 Å². The van der Waals surface area contributed by atoms with Gasteiger partial charge in [0.05, 0.1) is 12.2 Å². The number of nitrogens with zero attached hydrogens (tertiary/aromatic N) is 2. The van der Waals surface area contributed by atoms with Gasteiger partial charge in [-0.3, -0.25) is 4.79 Å². The molecule has 140 valence electrons. The Bertz CT molecular complexity index is 712. The minimum absolute atomic E-state index is 0.167. The van der Waals surface area contributed by atoms with E-state index in [0.717, 1.165) is 30.2 Å². The van der Waals surface area contributed by atoms with Crippen LogP contribution in [-0.4, -0.2) is 44.2 Å². The average Bonchev–Trinajstić information content (AvgIpc) is 2.65. The highest BCUT2D eigenvalue weighted by molar-refractivity contribution is 6.04. The molecule has 0 unspecified atom stereocenters. The zero-order valence-corrected chi connectivity index (χ0v) is 16.0. The van der Waals surface area contributed by atoms with Gasteiger partial charge in [0.25, 0.3) is 5.91 Å². The van der Waals surface area contributed by atoms with Gasteiger partial charge in [-0.2, -0.15) is 0 Å². The summed E-state index contributed by atoms with van der Waals surface area (Å²) < 4.78 is 4.98. The van der Waals surface area contributed by atoms with Gasteiger partial charge < -0.3 is 20.3 Å². The zero-order valence-electron chi connectivity index (χ0n) is 16.0. The normalized spacial score (nSPS) is 10.5. The number of nitrogens with one attached hydrogen (secondary N) is 2. The minimum Gasteiger partial charge on any atom is -0.383 e. The summed E-state index contributed by atoms with van der Waals surface area (Å²) in [4.78, 5) is 19.0. The van der Waals surface area contributed by atoms with Crippen molar-refractivity contribution in [3.05, 3.63) is 47.7 Å². The minimum atomic E-state index is -0.167. The van der Waals surface area contributed by atoms with E-state index in [0.29, 0.717) is 18.7 Å². The summed E-state index contributed by atoms with van der Waals surface area (Å²) in [6, 6.07) is 9.65. The number of carbonyl (C=O) groups excluding carboxylic acids is 1. The lowest BCUT2D eigenvalue weighted by molar-refractivity contribution is 0.102. The predicted molar refractivity (Wildman–Crippen MR) is 107 cm³/mol. The Morgan fingerprint density at radius 2 is 1.96 bits per heavy atom. The number of anilines is 3. The summed E-state index contributed by atoms with van der Waals surface area (Å²) in [6.07, 6.45) is 1.57. The average molecular weight is 356 g/mol. The van der Waals surface area contributed by atoms with Crippen LogP contribution in [0.15, 0.2) is 36.5 Å². The molecule has 0 fully saturated rings. The summed E-state index contributed by atoms with van der Waals surface area (Å²) in [5.74, 6) is 0.554. The molecule has 0 radical (unpaired) electrons. The Balaban J connectivity index is 2.03. The van der Waals surface area contributed by atoms with E-state index < -0.39 is 0 Å². The Morgan fingerprint density at radius 1 is 1.19 bits per heavy atom. The number of amides is 1. The molecule has 0 atom stereocenters. The van der Waals surface area contributed by atoms with Gasteiger partial charge in [0, 0.05) is 44.3 Å². The first-order valence-electron chi connectivity index (χ1n) is 8.94. The van der Waals surface area contributed by atoms with Gasteiger partial charge >= 0.3 is 0 Å². The third kappa shape index (κ3) is 5.20. The van der Waals surface area contributed by atoms with E-state index >= 15 is 0 Å². The van der Waals surface area contributed by atoms with Gasteiger partial charge in [-0.1, -0.05) is 0 Å². The lowest BCUT2D eigenvalue weighted by Crippen LogP contribution is -2.22. The molecule has 0 saturated heterocycles. The van der Waals surface area contributed by atoms with Crippen molar-refractivity contribution in [2.24, 2.45) is 0 Å². The first kappa shape index (κ1) is 19.7. The largest absolute Gasteiger partial charge is 0.383 e. The predicted octanol–water partition coefficient (Wildman–Crippen LogP) is 3.55. The van der Waals surface area contributed by atoms with Crippen LogP contribution in [0.4, 0.5) is 17.2 Å². The van der Waals surface area contributed by atoms with Gasteiger partial charge in [-0.25, -0.2) is 4.98 Å². The van der Waals surface area contributed by atoms with Crippen molar-refractivity contribution >= 4 is 23.1 Å². The standard InChI is InChI=1S/C20H28N4O2/c1-5-24(6-2)17-8-9-18(15(3)13-17)23-20(25)16-7-10-19(22-14-16)21-11-12-26-4/h7-10,13-14H,5-6,11-12H2,1-4H3,(H,21,22)(H,23,25). The van der Waals surface area contributed by atoms with Crippen LogP contribution in [0, 0.1) is 6.92 Å². The maximum Gasteiger partial charge on any atom is 0.257 e. The van der Waals surface area contributed by atoms with Crippen molar-refractivity contribution < 1.29 is 9.53 Å². The molecular weight excluding hydrogens is 328 g/mol. The molecule has 1 heterocycles. The Hall–Kier alpha value is -2.60. The fraction of sp³-hybridized carbons (Fsp3) is 0.400. The van der Waals surface area contributed by atoms with Crippen LogP contribution in [0.3, 0.4) is 0 Å². The van der Waals surface area contributed by atoms with Crippen molar-refractivity contribution in [3.8, 4) is 0 Å². The maximum absolute atomic E-state index is 12.5. The monoisotopic (exact) mass is 356 g/mol. The molecule has 0 spiro atoms. The smallest absolute Gasteiger partial charge is 0.257 e. The highest BCUT2D eigenvalue weighted by Crippen LogP contribution is 2.23. The van der Waals surface area contributed by atoms with E-state index in [-0.39, 0.29) is 5.91 Å². The van der Waals surface area contributed by atoms with Crippen LogP contribution in [0.1, 0.15) is 29.8 Å². The molecule has 1 amide bonds. The molecule has 0 saturated carbocycles. The molecule has 0 bridgehead atoms. The van der Waals surface area contributed by atoms with Crippen LogP contribution >= 0.6 is 0 Å². The van der Waals surface area contributed by atoms with Crippen molar-refractivity contribution in [2.75, 3.05) is 48.9 Å². The number of aryl methyl sites for hydroxylation is 1. The van der Waals surface area contributed by atoms with Gasteiger partial charge in [-0.05, 0) is 56.7 Å². The fourth-order valence-electron chi connectivity index (χ4n) is 2.68. The lowest BCUT2D eigenvalue weighted by Gasteiger charge is -2.22. The third-order valence-corrected chi connectivity index (χ3v) is 4.22. The van der Waals surface area contributed by atoms with E-state index in [2.05, 4.69) is 40.4 Å². The number of aromatic nitrogens is 1. The number of ether oxygens (including phenoxy) is 1. The van der Waals surface area contributed by atoms with Crippen LogP contribution in [0.25, 0.3) is 0 Å². The van der Waals surface area contributed by atoms with E-state index in [1.165, 1.54) is 5.69 Å². The molecule has 0 aliphatic carbocycles. The van der Waals surface area contributed by atoms with Crippen LogP contribution < -0.4 is 15.5 Å². The molecule has 26 heavy (non-hydrogen) atoms. The molecule has 2 aromatic rings. The second kappa shape index (κ2) is 9.77. The summed E-state index contributed by atoms with van der Waals surface area (Å²) in [5.41, 5.74) is 3.54. The molecule has 2 rings (SSSR count). The lowest BCUT2D eigenvalue weighted by atomic mass is 10.1. The number of hydrogen-bond donors (Lipinski definition) is 2. The quantitative estimate of drug-likeness (QED) is 0.673. The molecule has 6 heteroatoms. The Kier molecular flexibility index (Phi) is 7.41. The number of rotatable bonds is 9. The van der Waals surface area contributed by atoms with Crippen molar-refractivity contribution in [1.29, 1.82) is 0 Å². The number of benzene rings is 1. The van der Waals surface area contributed by atoms with Crippen LogP contribution in [-0.2, 0) is 4.74 Å². The van der Waals surface area contributed by atoms with Crippen molar-refractivity contribution in [3.63, 3.8) is 0 Å². The van der Waals surface area contributed by atoms with Gasteiger partial charge in [-0.15, -0.1) is 0 Å². The number of carbonyl (C=O) groups is 1. The van der Waals surface area contributed by atoms with Gasteiger partial charge in [0.15, 0.2) is 0 Å². The number of methoxy groups -OCH3 is 1. The van der Waals surface area contributed by atoms with E-state index in [9.17, 15) is 4.79 Å². The van der Waals surface area contributed by atoms with Crippen LogP contribution in [0.2, 0.25) is 0 Å². The van der Waals surface area contributed by atoms with Crippen LogP contribution in [0.5, 0.6) is 0 Å². The SMILES string of the molecule is CCN(CC)c1ccc(NC(=O)c2ccc(NCCOC)nc2)c(C)c1. The van der Waals surface area contributed by atoms with E-state index in [1.54, 1.807) is 25.4 Å². The topological polar surface area (TPSA) is 66.5 Å². The Labute approximate surface area is 155 Å². The Morgan fingerprint density at radius 3 is 2.54 bits per heavy atom. The summed E-state index contributed by atoms with van der Waals surface area (Å²) in [5, 5.41) is 6.09. The first-order chi connectivity index (χ1) is 12.6. The van der Waals surface area contributed by atoms with Gasteiger partial charge in [0.2, 0.25) is 0 Å². The molecule has 1 aromatic carbocycles. The molecule has 0 aliphatic rings. The fourth-order valence-corrected chi connectivity index (χ4v) is 2.68. The molecule has 0 aliphatic heterocycles. The summed E-state index contributed by atoms with van der Waals surface area (Å²) in [7, 11) is 1.65. The van der Waals surface area contributed by atoms with E-state index in [1.807, 2.05) is 19.1 Å². The second-order valence-electron chi connectivity index (χ2n) is 5.98. The number of pyridine rings is 1. The molecule has 1 aromatic heterocycles. The second-order valence-corrected chi connectivity index (χ2v) is 5.98. The zero-order chi connectivity index (χ0) is 18.9. The summed E-state index contributed by atoms with van der Waals surface area (Å²) >= 11 is 0. The van der Waals surface area contributed by atoms with Crippen molar-refractivity contribution in [1.82, 2.24) is 4.98 Å².